The lowest BCUT2D eigenvalue weighted by Gasteiger charge is -2.07. The Labute approximate surface area is 126 Å². The molecule has 2 aromatic carbocycles. The van der Waals surface area contributed by atoms with Crippen molar-refractivity contribution in [1.82, 2.24) is 0 Å². The van der Waals surface area contributed by atoms with Crippen molar-refractivity contribution < 1.29 is 9.53 Å². The number of methoxy groups -OCH3 is 1. The van der Waals surface area contributed by atoms with Gasteiger partial charge < -0.3 is 10.1 Å². The Morgan fingerprint density at radius 2 is 1.76 bits per heavy atom. The van der Waals surface area contributed by atoms with Gasteiger partial charge in [0.25, 0.3) is 0 Å². The summed E-state index contributed by atoms with van der Waals surface area (Å²) in [5.74, 6) is 0.807. The first-order valence-corrected chi connectivity index (χ1v) is 7.08. The second kappa shape index (κ2) is 6.93. The van der Waals surface area contributed by atoms with Crippen LogP contribution in [0, 0.1) is 13.8 Å². The maximum Gasteiger partial charge on any atom is 0.224 e. The molecule has 0 atom stereocenters. The molecule has 1 amide bonds. The highest BCUT2D eigenvalue weighted by Gasteiger charge is 2.04. The van der Waals surface area contributed by atoms with E-state index in [1.165, 1.54) is 16.7 Å². The highest BCUT2D eigenvalue weighted by Crippen LogP contribution is 2.16. The van der Waals surface area contributed by atoms with E-state index >= 15 is 0 Å². The second-order valence-electron chi connectivity index (χ2n) is 5.20. The van der Waals surface area contributed by atoms with E-state index in [9.17, 15) is 4.79 Å². The number of ether oxygens (including phenoxy) is 1. The smallest absolute Gasteiger partial charge is 0.224 e. The fourth-order valence-electron chi connectivity index (χ4n) is 2.11. The SMILES string of the molecule is COc1ccc(NC(=O)CCc2ccc(C)c(C)c2)cc1. The van der Waals surface area contributed by atoms with E-state index < -0.39 is 0 Å². The predicted molar refractivity (Wildman–Crippen MR) is 85.9 cm³/mol. The van der Waals surface area contributed by atoms with E-state index in [1.54, 1.807) is 7.11 Å². The summed E-state index contributed by atoms with van der Waals surface area (Å²) in [4.78, 5) is 11.9. The van der Waals surface area contributed by atoms with Crippen LogP contribution in [0.15, 0.2) is 42.5 Å². The molecule has 0 saturated carbocycles. The summed E-state index contributed by atoms with van der Waals surface area (Å²) in [5.41, 5.74) is 4.54. The minimum Gasteiger partial charge on any atom is -0.497 e. The lowest BCUT2D eigenvalue weighted by Crippen LogP contribution is -2.12. The number of carbonyl (C=O) groups is 1. The number of anilines is 1. The zero-order chi connectivity index (χ0) is 15.2. The van der Waals surface area contributed by atoms with Gasteiger partial charge in [0, 0.05) is 12.1 Å². The Morgan fingerprint density at radius 1 is 1.05 bits per heavy atom. The average Bonchev–Trinajstić information content (AvgIpc) is 2.49. The van der Waals surface area contributed by atoms with E-state index in [2.05, 4.69) is 37.4 Å². The fraction of sp³-hybridized carbons (Fsp3) is 0.278. The first-order chi connectivity index (χ1) is 10.1. The van der Waals surface area contributed by atoms with Gasteiger partial charge in [0.2, 0.25) is 5.91 Å². The van der Waals surface area contributed by atoms with Crippen molar-refractivity contribution in [2.75, 3.05) is 12.4 Å². The van der Waals surface area contributed by atoms with Gasteiger partial charge in [-0.05, 0) is 61.2 Å². The monoisotopic (exact) mass is 283 g/mol. The van der Waals surface area contributed by atoms with Gasteiger partial charge in [-0.3, -0.25) is 4.79 Å². The van der Waals surface area contributed by atoms with Gasteiger partial charge in [0.15, 0.2) is 0 Å². The summed E-state index contributed by atoms with van der Waals surface area (Å²) in [6.45, 7) is 4.19. The molecule has 0 aliphatic rings. The maximum atomic E-state index is 11.9. The summed E-state index contributed by atoms with van der Waals surface area (Å²) < 4.78 is 5.09. The molecule has 110 valence electrons. The van der Waals surface area contributed by atoms with E-state index in [0.29, 0.717) is 6.42 Å². The fourth-order valence-corrected chi connectivity index (χ4v) is 2.11. The van der Waals surface area contributed by atoms with Crippen molar-refractivity contribution in [1.29, 1.82) is 0 Å². The molecule has 0 aliphatic heterocycles. The van der Waals surface area contributed by atoms with Gasteiger partial charge in [0.1, 0.15) is 5.75 Å². The zero-order valence-corrected chi connectivity index (χ0v) is 12.8. The molecule has 0 radical (unpaired) electrons. The van der Waals surface area contributed by atoms with Gasteiger partial charge >= 0.3 is 0 Å². The summed E-state index contributed by atoms with van der Waals surface area (Å²) >= 11 is 0. The van der Waals surface area contributed by atoms with Gasteiger partial charge in [0.05, 0.1) is 7.11 Å². The Bertz CT molecular complexity index is 618. The molecule has 0 saturated heterocycles. The standard InChI is InChI=1S/C18H21NO2/c1-13-4-5-15(12-14(13)2)6-11-18(20)19-16-7-9-17(21-3)10-8-16/h4-5,7-10,12H,6,11H2,1-3H3,(H,19,20). The van der Waals surface area contributed by atoms with Crippen molar-refractivity contribution in [3.63, 3.8) is 0 Å². The van der Waals surface area contributed by atoms with Crippen LogP contribution in [0.25, 0.3) is 0 Å². The molecular formula is C18H21NO2. The largest absolute Gasteiger partial charge is 0.497 e. The maximum absolute atomic E-state index is 11.9. The predicted octanol–water partition coefficient (Wildman–Crippen LogP) is 3.88. The molecule has 3 heteroatoms. The molecule has 0 spiro atoms. The van der Waals surface area contributed by atoms with Crippen molar-refractivity contribution in [2.45, 2.75) is 26.7 Å². The number of amides is 1. The number of carbonyl (C=O) groups excluding carboxylic acids is 1. The molecule has 3 nitrogen and oxygen atoms in total. The van der Waals surface area contributed by atoms with Gasteiger partial charge in [-0.1, -0.05) is 18.2 Å². The summed E-state index contributed by atoms with van der Waals surface area (Å²) in [5, 5.41) is 2.89. The molecule has 0 bridgehead atoms. The van der Waals surface area contributed by atoms with E-state index in [0.717, 1.165) is 17.9 Å². The van der Waals surface area contributed by atoms with Crippen LogP contribution in [0.2, 0.25) is 0 Å². The molecule has 0 aliphatic carbocycles. The Balaban J connectivity index is 1.87. The third-order valence-electron chi connectivity index (χ3n) is 3.59. The van der Waals surface area contributed by atoms with Crippen molar-refractivity contribution in [2.24, 2.45) is 0 Å². The molecule has 1 N–H and O–H groups in total. The quantitative estimate of drug-likeness (QED) is 0.904. The van der Waals surface area contributed by atoms with Crippen LogP contribution in [-0.2, 0) is 11.2 Å². The van der Waals surface area contributed by atoms with Crippen molar-refractivity contribution in [3.8, 4) is 5.75 Å². The van der Waals surface area contributed by atoms with Crippen LogP contribution in [0.1, 0.15) is 23.1 Å². The molecule has 21 heavy (non-hydrogen) atoms. The van der Waals surface area contributed by atoms with E-state index in [1.807, 2.05) is 24.3 Å². The van der Waals surface area contributed by atoms with Crippen LogP contribution < -0.4 is 10.1 Å². The molecule has 2 rings (SSSR count). The van der Waals surface area contributed by atoms with Crippen LogP contribution >= 0.6 is 0 Å². The Morgan fingerprint density at radius 3 is 2.38 bits per heavy atom. The topological polar surface area (TPSA) is 38.3 Å². The van der Waals surface area contributed by atoms with Crippen LogP contribution in [0.3, 0.4) is 0 Å². The Kier molecular flexibility index (Phi) is 4.99. The minimum absolute atomic E-state index is 0.0263. The highest BCUT2D eigenvalue weighted by molar-refractivity contribution is 5.90. The van der Waals surface area contributed by atoms with Crippen LogP contribution in [-0.4, -0.2) is 13.0 Å². The molecule has 0 heterocycles. The van der Waals surface area contributed by atoms with Crippen LogP contribution in [0.5, 0.6) is 5.75 Å². The number of rotatable bonds is 5. The number of hydrogen-bond donors (Lipinski definition) is 1. The average molecular weight is 283 g/mol. The normalized spacial score (nSPS) is 10.2. The number of aryl methyl sites for hydroxylation is 3. The number of nitrogens with one attached hydrogen (secondary N) is 1. The summed E-state index contributed by atoms with van der Waals surface area (Å²) in [6, 6.07) is 13.7. The van der Waals surface area contributed by atoms with Gasteiger partial charge in [-0.15, -0.1) is 0 Å². The first-order valence-electron chi connectivity index (χ1n) is 7.08. The lowest BCUT2D eigenvalue weighted by atomic mass is 10.0. The van der Waals surface area contributed by atoms with Gasteiger partial charge in [-0.25, -0.2) is 0 Å². The lowest BCUT2D eigenvalue weighted by molar-refractivity contribution is -0.116. The number of hydrogen-bond acceptors (Lipinski definition) is 2. The summed E-state index contributed by atoms with van der Waals surface area (Å²) in [6.07, 6.45) is 1.23. The third-order valence-corrected chi connectivity index (χ3v) is 3.59. The van der Waals surface area contributed by atoms with Gasteiger partial charge in [-0.2, -0.15) is 0 Å². The molecular weight excluding hydrogens is 262 g/mol. The van der Waals surface area contributed by atoms with Crippen molar-refractivity contribution >= 4 is 11.6 Å². The first kappa shape index (κ1) is 15.1. The molecule has 2 aromatic rings. The number of benzene rings is 2. The molecule has 0 fully saturated rings. The minimum atomic E-state index is 0.0263. The molecule has 0 aromatic heterocycles. The highest BCUT2D eigenvalue weighted by atomic mass is 16.5. The van der Waals surface area contributed by atoms with E-state index in [-0.39, 0.29) is 5.91 Å². The van der Waals surface area contributed by atoms with Crippen molar-refractivity contribution in [3.05, 3.63) is 59.2 Å². The summed E-state index contributed by atoms with van der Waals surface area (Å²) in [7, 11) is 1.62. The van der Waals surface area contributed by atoms with E-state index in [4.69, 9.17) is 4.74 Å². The second-order valence-corrected chi connectivity index (χ2v) is 5.20. The Hall–Kier alpha value is -2.29. The molecule has 0 unspecified atom stereocenters. The van der Waals surface area contributed by atoms with Crippen LogP contribution in [0.4, 0.5) is 5.69 Å². The third kappa shape index (κ3) is 4.35. The zero-order valence-electron chi connectivity index (χ0n) is 12.8.